The van der Waals surface area contributed by atoms with Crippen LogP contribution < -0.4 is 0 Å². The Morgan fingerprint density at radius 3 is 2.71 bits per heavy atom. The Balaban J connectivity index is 1.69. The topological polar surface area (TPSA) is 70.4 Å². The van der Waals surface area contributed by atoms with Crippen LogP contribution in [-0.2, 0) is 14.3 Å². The molecule has 1 aliphatic heterocycles. The van der Waals surface area contributed by atoms with E-state index in [0.29, 0.717) is 12.0 Å². The average molecular weight is 286 g/mol. The van der Waals surface area contributed by atoms with Crippen LogP contribution in [0.5, 0.6) is 0 Å². The lowest BCUT2D eigenvalue weighted by atomic mass is 10.2. The summed E-state index contributed by atoms with van der Waals surface area (Å²) in [6, 6.07) is 8.62. The highest BCUT2D eigenvalue weighted by molar-refractivity contribution is 5.92. The summed E-state index contributed by atoms with van der Waals surface area (Å²) in [5.41, 5.74) is 1.23. The zero-order chi connectivity index (χ0) is 14.8. The van der Waals surface area contributed by atoms with Crippen molar-refractivity contribution in [2.45, 2.75) is 25.6 Å². The van der Waals surface area contributed by atoms with Crippen LogP contribution in [0.4, 0.5) is 0 Å². The first-order valence-electron chi connectivity index (χ1n) is 6.65. The van der Waals surface area contributed by atoms with Gasteiger partial charge in [0.15, 0.2) is 0 Å². The van der Waals surface area contributed by atoms with E-state index in [1.807, 2.05) is 12.3 Å². The fourth-order valence-corrected chi connectivity index (χ4v) is 2.19. The number of hydrogen-bond acceptors (Lipinski definition) is 5. The van der Waals surface area contributed by atoms with Crippen LogP contribution >= 0.6 is 0 Å². The Morgan fingerprint density at radius 2 is 2.14 bits per heavy atom. The molecule has 0 saturated carbocycles. The monoisotopic (exact) mass is 286 g/mol. The number of ether oxygens (including phenoxy) is 2. The van der Waals surface area contributed by atoms with Gasteiger partial charge < -0.3 is 9.47 Å². The number of hydrogen-bond donors (Lipinski definition) is 0. The van der Waals surface area contributed by atoms with Gasteiger partial charge in [-0.15, -0.1) is 0 Å². The number of nitrogens with zero attached hydrogens (tertiary/aromatic N) is 2. The van der Waals surface area contributed by atoms with E-state index in [-0.39, 0.29) is 6.10 Å². The molecule has 0 unspecified atom stereocenters. The van der Waals surface area contributed by atoms with Crippen LogP contribution in [0.25, 0.3) is 5.69 Å². The van der Waals surface area contributed by atoms with E-state index in [2.05, 4.69) is 5.10 Å². The Labute approximate surface area is 121 Å². The predicted octanol–water partition coefficient (Wildman–Crippen LogP) is 1.73. The minimum absolute atomic E-state index is 0.211. The fourth-order valence-electron chi connectivity index (χ4n) is 2.19. The molecule has 0 spiro atoms. The summed E-state index contributed by atoms with van der Waals surface area (Å²) >= 11 is 0. The Morgan fingerprint density at radius 1 is 1.38 bits per heavy atom. The van der Waals surface area contributed by atoms with Crippen molar-refractivity contribution in [3.8, 4) is 5.69 Å². The maximum absolute atomic E-state index is 12.0. The molecule has 6 heteroatoms. The molecular formula is C15H14N2O4. The van der Waals surface area contributed by atoms with Gasteiger partial charge in [-0.2, -0.15) is 5.10 Å². The maximum atomic E-state index is 12.0. The second-order valence-corrected chi connectivity index (χ2v) is 4.87. The van der Waals surface area contributed by atoms with Crippen molar-refractivity contribution in [1.29, 1.82) is 0 Å². The normalized spacial score (nSPS) is 21.1. The smallest absolute Gasteiger partial charge is 0.347 e. The average Bonchev–Trinajstić information content (AvgIpc) is 3.10. The predicted molar refractivity (Wildman–Crippen MR) is 72.9 cm³/mol. The van der Waals surface area contributed by atoms with Gasteiger partial charge in [0.25, 0.3) is 0 Å². The first-order chi connectivity index (χ1) is 10.1. The Kier molecular flexibility index (Phi) is 3.43. The van der Waals surface area contributed by atoms with Gasteiger partial charge in [0.05, 0.1) is 11.3 Å². The van der Waals surface area contributed by atoms with Crippen LogP contribution in [0.1, 0.15) is 23.7 Å². The molecule has 2 heterocycles. The van der Waals surface area contributed by atoms with Crippen molar-refractivity contribution in [2.24, 2.45) is 0 Å². The van der Waals surface area contributed by atoms with Crippen LogP contribution in [0.3, 0.4) is 0 Å². The van der Waals surface area contributed by atoms with Crippen molar-refractivity contribution in [3.63, 3.8) is 0 Å². The van der Waals surface area contributed by atoms with Gasteiger partial charge in [-0.05, 0) is 37.3 Å². The summed E-state index contributed by atoms with van der Waals surface area (Å²) in [5.74, 6) is -1.01. The molecule has 2 atom stereocenters. The minimum Gasteiger partial charge on any atom is -0.460 e. The third-order valence-corrected chi connectivity index (χ3v) is 3.25. The summed E-state index contributed by atoms with van der Waals surface area (Å²) in [6.07, 6.45) is 2.87. The molecule has 0 aliphatic carbocycles. The van der Waals surface area contributed by atoms with Crippen LogP contribution in [0.15, 0.2) is 42.7 Å². The highest BCUT2D eigenvalue weighted by atomic mass is 16.6. The van der Waals surface area contributed by atoms with Gasteiger partial charge >= 0.3 is 11.9 Å². The van der Waals surface area contributed by atoms with Crippen LogP contribution in [0.2, 0.25) is 0 Å². The van der Waals surface area contributed by atoms with Gasteiger partial charge in [-0.1, -0.05) is 0 Å². The van der Waals surface area contributed by atoms with Gasteiger partial charge in [0.1, 0.15) is 6.10 Å². The molecule has 2 aromatic rings. The second-order valence-electron chi connectivity index (χ2n) is 4.87. The van der Waals surface area contributed by atoms with Crippen molar-refractivity contribution >= 4 is 11.9 Å². The lowest BCUT2D eigenvalue weighted by Crippen LogP contribution is -2.22. The van der Waals surface area contributed by atoms with E-state index in [0.717, 1.165) is 5.69 Å². The molecule has 21 heavy (non-hydrogen) atoms. The number of carbonyl (C=O) groups excluding carboxylic acids is 2. The van der Waals surface area contributed by atoms with E-state index in [4.69, 9.17) is 9.47 Å². The van der Waals surface area contributed by atoms with Crippen molar-refractivity contribution in [1.82, 2.24) is 9.78 Å². The molecule has 1 aromatic heterocycles. The zero-order valence-electron chi connectivity index (χ0n) is 11.4. The fraction of sp³-hybridized carbons (Fsp3) is 0.267. The molecule has 1 saturated heterocycles. The minimum atomic E-state index is -0.807. The van der Waals surface area contributed by atoms with Gasteiger partial charge in [0, 0.05) is 18.8 Å². The van der Waals surface area contributed by atoms with Crippen molar-refractivity contribution < 1.29 is 19.1 Å². The molecular weight excluding hydrogens is 272 g/mol. The lowest BCUT2D eigenvalue weighted by Gasteiger charge is -2.08. The van der Waals surface area contributed by atoms with Crippen LogP contribution in [-0.4, -0.2) is 33.9 Å². The molecule has 1 fully saturated rings. The SMILES string of the molecule is C[C@H]1C[C@H](OC(=O)c2ccc(-n3cccn3)cc2)C(=O)O1. The third kappa shape index (κ3) is 2.79. The summed E-state index contributed by atoms with van der Waals surface area (Å²) in [6.45, 7) is 1.77. The molecule has 0 radical (unpaired) electrons. The largest absolute Gasteiger partial charge is 0.460 e. The number of esters is 2. The molecule has 1 aliphatic rings. The Hall–Kier alpha value is -2.63. The maximum Gasteiger partial charge on any atom is 0.347 e. The Bertz CT molecular complexity index is 649. The number of cyclic esters (lactones) is 1. The number of benzene rings is 1. The zero-order valence-corrected chi connectivity index (χ0v) is 11.4. The van der Waals surface area contributed by atoms with E-state index < -0.39 is 18.0 Å². The van der Waals surface area contributed by atoms with Crippen molar-refractivity contribution in [2.75, 3.05) is 0 Å². The highest BCUT2D eigenvalue weighted by Crippen LogP contribution is 2.19. The molecule has 3 rings (SSSR count). The van der Waals surface area contributed by atoms with Crippen LogP contribution in [0, 0.1) is 0 Å². The molecule has 0 bridgehead atoms. The summed E-state index contributed by atoms with van der Waals surface area (Å²) < 4.78 is 11.8. The molecule has 0 amide bonds. The quantitative estimate of drug-likeness (QED) is 0.804. The van der Waals surface area contributed by atoms with Gasteiger partial charge in [-0.3, -0.25) is 0 Å². The number of aromatic nitrogens is 2. The third-order valence-electron chi connectivity index (χ3n) is 3.25. The summed E-state index contributed by atoms with van der Waals surface area (Å²) in [4.78, 5) is 23.4. The first kappa shape index (κ1) is 13.4. The molecule has 6 nitrogen and oxygen atoms in total. The van der Waals surface area contributed by atoms with E-state index >= 15 is 0 Å². The summed E-state index contributed by atoms with van der Waals surface area (Å²) in [7, 11) is 0. The molecule has 1 aromatic carbocycles. The second kappa shape index (κ2) is 5.40. The van der Waals surface area contributed by atoms with Gasteiger partial charge in [0.2, 0.25) is 6.10 Å². The lowest BCUT2D eigenvalue weighted by molar-refractivity contribution is -0.147. The van der Waals surface area contributed by atoms with Gasteiger partial charge in [-0.25, -0.2) is 14.3 Å². The highest BCUT2D eigenvalue weighted by Gasteiger charge is 2.35. The first-order valence-corrected chi connectivity index (χ1v) is 6.65. The van der Waals surface area contributed by atoms with E-state index in [1.165, 1.54) is 0 Å². The standard InChI is InChI=1S/C15H14N2O4/c1-10-9-13(15(19)20-10)21-14(18)11-3-5-12(6-4-11)17-8-2-7-16-17/h2-8,10,13H,9H2,1H3/t10-,13-/m0/s1. The number of carbonyl (C=O) groups is 2. The van der Waals surface area contributed by atoms with E-state index in [1.54, 1.807) is 42.1 Å². The number of rotatable bonds is 3. The summed E-state index contributed by atoms with van der Waals surface area (Å²) in [5, 5.41) is 4.10. The van der Waals surface area contributed by atoms with E-state index in [9.17, 15) is 9.59 Å². The van der Waals surface area contributed by atoms with Crippen molar-refractivity contribution in [3.05, 3.63) is 48.3 Å². The molecule has 108 valence electrons. The molecule has 0 N–H and O–H groups in total.